The lowest BCUT2D eigenvalue weighted by molar-refractivity contribution is -0.139. The first-order valence-corrected chi connectivity index (χ1v) is 5.80. The lowest BCUT2D eigenvalue weighted by Gasteiger charge is -2.13. The summed E-state index contributed by atoms with van der Waals surface area (Å²) in [7, 11) is 1.19. The number of carbonyl (C=O) groups excluding carboxylic acids is 2. The quantitative estimate of drug-likeness (QED) is 0.671. The number of carboxylic acid groups (broad SMARTS) is 1. The summed E-state index contributed by atoms with van der Waals surface area (Å²) in [5, 5.41) is 15.1. The summed E-state index contributed by atoms with van der Waals surface area (Å²) < 4.78 is 4.33. The second kappa shape index (κ2) is 6.60. The van der Waals surface area contributed by atoms with Gasteiger partial charge in [0.25, 0.3) is 0 Å². The van der Waals surface area contributed by atoms with Gasteiger partial charge in [-0.1, -0.05) is 6.07 Å². The van der Waals surface area contributed by atoms with Crippen LogP contribution in [0.1, 0.15) is 10.9 Å². The maximum absolute atomic E-state index is 11.4. The predicted octanol–water partition coefficient (Wildman–Crippen LogP) is 0.346. The fraction of sp³-hybridized carbons (Fsp3) is 0.300. The van der Waals surface area contributed by atoms with Gasteiger partial charge in [0.05, 0.1) is 7.11 Å². The lowest BCUT2D eigenvalue weighted by atomic mass is 10.2. The minimum absolute atomic E-state index is 0.320. The standard InChI is InChI=1S/C10H12N2O5S/c1-17-7(13)5-11-10(16)12-8(9(14)15)6-3-2-4-18-6/h2-4,8H,5H2,1H3,(H,14,15)(H2,11,12,16). The Balaban J connectivity index is 2.55. The Morgan fingerprint density at radius 3 is 2.72 bits per heavy atom. The maximum Gasteiger partial charge on any atom is 0.331 e. The smallest absolute Gasteiger partial charge is 0.331 e. The number of esters is 1. The van der Waals surface area contributed by atoms with Gasteiger partial charge in [-0.25, -0.2) is 9.59 Å². The average Bonchev–Trinajstić information content (AvgIpc) is 2.86. The van der Waals surface area contributed by atoms with Crippen molar-refractivity contribution < 1.29 is 24.2 Å². The Morgan fingerprint density at radius 1 is 1.50 bits per heavy atom. The van der Waals surface area contributed by atoms with E-state index >= 15 is 0 Å². The third-order valence-electron chi connectivity index (χ3n) is 1.97. The molecule has 1 atom stereocenters. The molecule has 2 amide bonds. The van der Waals surface area contributed by atoms with E-state index < -0.39 is 24.0 Å². The number of urea groups is 1. The summed E-state index contributed by atoms with van der Waals surface area (Å²) in [5.74, 6) is -1.79. The molecule has 98 valence electrons. The predicted molar refractivity (Wildman–Crippen MR) is 63.2 cm³/mol. The van der Waals surface area contributed by atoms with E-state index in [-0.39, 0.29) is 6.54 Å². The third-order valence-corrected chi connectivity index (χ3v) is 2.91. The summed E-state index contributed by atoms with van der Waals surface area (Å²) in [4.78, 5) is 33.7. The Bertz CT molecular complexity index is 431. The van der Waals surface area contributed by atoms with Gasteiger partial charge in [-0.15, -0.1) is 11.3 Å². The maximum atomic E-state index is 11.4. The van der Waals surface area contributed by atoms with Crippen molar-refractivity contribution in [3.8, 4) is 0 Å². The van der Waals surface area contributed by atoms with Crippen molar-refractivity contribution in [2.75, 3.05) is 13.7 Å². The number of aliphatic carboxylic acids is 1. The van der Waals surface area contributed by atoms with Crippen LogP contribution < -0.4 is 10.6 Å². The molecule has 0 fully saturated rings. The van der Waals surface area contributed by atoms with Crippen LogP contribution in [0.3, 0.4) is 0 Å². The molecule has 1 aromatic heterocycles. The van der Waals surface area contributed by atoms with Crippen molar-refractivity contribution in [3.63, 3.8) is 0 Å². The second-order valence-electron chi connectivity index (χ2n) is 3.19. The van der Waals surface area contributed by atoms with Crippen LogP contribution in [0.15, 0.2) is 17.5 Å². The summed E-state index contributed by atoms with van der Waals surface area (Å²) >= 11 is 1.22. The highest BCUT2D eigenvalue weighted by molar-refractivity contribution is 7.10. The van der Waals surface area contributed by atoms with Crippen molar-refractivity contribution in [2.45, 2.75) is 6.04 Å². The molecular formula is C10H12N2O5S. The van der Waals surface area contributed by atoms with Crippen LogP contribution in [0.25, 0.3) is 0 Å². The highest BCUT2D eigenvalue weighted by atomic mass is 32.1. The van der Waals surface area contributed by atoms with Crippen LogP contribution in [-0.2, 0) is 14.3 Å². The van der Waals surface area contributed by atoms with Gasteiger partial charge in [-0.05, 0) is 11.4 Å². The van der Waals surface area contributed by atoms with Crippen molar-refractivity contribution >= 4 is 29.3 Å². The first-order chi connectivity index (χ1) is 8.54. The molecule has 3 N–H and O–H groups in total. The Hall–Kier alpha value is -2.09. The largest absolute Gasteiger partial charge is 0.479 e. The molecule has 0 saturated carbocycles. The molecule has 1 unspecified atom stereocenters. The Kier molecular flexibility index (Phi) is 5.12. The molecule has 0 aliphatic rings. The number of thiophene rings is 1. The minimum Gasteiger partial charge on any atom is -0.479 e. The van der Waals surface area contributed by atoms with Crippen LogP contribution in [0.4, 0.5) is 4.79 Å². The molecule has 0 aliphatic heterocycles. The van der Waals surface area contributed by atoms with E-state index in [1.807, 2.05) is 0 Å². The summed E-state index contributed by atoms with van der Waals surface area (Å²) in [5.41, 5.74) is 0. The number of rotatable bonds is 5. The number of carboxylic acids is 1. The van der Waals surface area contributed by atoms with E-state index in [0.717, 1.165) is 0 Å². The molecule has 0 saturated heterocycles. The molecule has 18 heavy (non-hydrogen) atoms. The zero-order valence-corrected chi connectivity index (χ0v) is 10.3. The number of nitrogens with one attached hydrogen (secondary N) is 2. The van der Waals surface area contributed by atoms with E-state index in [9.17, 15) is 14.4 Å². The second-order valence-corrected chi connectivity index (χ2v) is 4.17. The van der Waals surface area contributed by atoms with Gasteiger partial charge < -0.3 is 20.5 Å². The zero-order valence-electron chi connectivity index (χ0n) is 9.50. The molecule has 0 bridgehead atoms. The van der Waals surface area contributed by atoms with Crippen molar-refractivity contribution in [1.82, 2.24) is 10.6 Å². The molecule has 1 rings (SSSR count). The van der Waals surface area contributed by atoms with E-state index in [1.54, 1.807) is 17.5 Å². The zero-order chi connectivity index (χ0) is 13.5. The average molecular weight is 272 g/mol. The van der Waals surface area contributed by atoms with Crippen molar-refractivity contribution in [2.24, 2.45) is 0 Å². The van der Waals surface area contributed by atoms with Gasteiger partial charge in [-0.3, -0.25) is 4.79 Å². The van der Waals surface area contributed by atoms with Crippen LogP contribution in [0.5, 0.6) is 0 Å². The van der Waals surface area contributed by atoms with Crippen LogP contribution >= 0.6 is 11.3 Å². The number of hydrogen-bond donors (Lipinski definition) is 3. The number of amides is 2. The summed E-state index contributed by atoms with van der Waals surface area (Å²) in [6.07, 6.45) is 0. The van der Waals surface area contributed by atoms with Crippen LogP contribution in [0, 0.1) is 0 Å². The monoisotopic (exact) mass is 272 g/mol. The molecule has 0 radical (unpaired) electrons. The molecule has 1 heterocycles. The van der Waals surface area contributed by atoms with E-state index in [2.05, 4.69) is 15.4 Å². The number of carbonyl (C=O) groups is 3. The third kappa shape index (κ3) is 4.06. The van der Waals surface area contributed by atoms with Crippen molar-refractivity contribution in [3.05, 3.63) is 22.4 Å². The van der Waals surface area contributed by atoms with E-state index in [1.165, 1.54) is 18.4 Å². The van der Waals surface area contributed by atoms with Gasteiger partial charge >= 0.3 is 18.0 Å². The van der Waals surface area contributed by atoms with Crippen LogP contribution in [-0.4, -0.2) is 36.7 Å². The Morgan fingerprint density at radius 2 is 2.22 bits per heavy atom. The lowest BCUT2D eigenvalue weighted by Crippen LogP contribution is -2.42. The fourth-order valence-corrected chi connectivity index (χ4v) is 1.88. The summed E-state index contributed by atoms with van der Waals surface area (Å²) in [6, 6.07) is 1.40. The van der Waals surface area contributed by atoms with E-state index in [4.69, 9.17) is 5.11 Å². The van der Waals surface area contributed by atoms with Crippen molar-refractivity contribution in [1.29, 1.82) is 0 Å². The van der Waals surface area contributed by atoms with Gasteiger partial charge in [0.15, 0.2) is 6.04 Å². The topological polar surface area (TPSA) is 105 Å². The normalized spacial score (nSPS) is 11.4. The SMILES string of the molecule is COC(=O)CNC(=O)NC(C(=O)O)c1cccs1. The highest BCUT2D eigenvalue weighted by Crippen LogP contribution is 2.18. The minimum atomic E-state index is -1.18. The number of hydrogen-bond acceptors (Lipinski definition) is 5. The molecule has 0 aliphatic carbocycles. The van der Waals surface area contributed by atoms with Gasteiger partial charge in [0, 0.05) is 4.88 Å². The van der Waals surface area contributed by atoms with Gasteiger partial charge in [-0.2, -0.15) is 0 Å². The molecule has 1 aromatic rings. The first kappa shape index (κ1) is 14.0. The summed E-state index contributed by atoms with van der Waals surface area (Å²) in [6.45, 7) is -0.320. The van der Waals surface area contributed by atoms with Gasteiger partial charge in [0.2, 0.25) is 0 Å². The molecule has 7 nitrogen and oxygen atoms in total. The fourth-order valence-electron chi connectivity index (χ4n) is 1.12. The van der Waals surface area contributed by atoms with Crippen LogP contribution in [0.2, 0.25) is 0 Å². The first-order valence-electron chi connectivity index (χ1n) is 4.92. The highest BCUT2D eigenvalue weighted by Gasteiger charge is 2.22. The number of methoxy groups -OCH3 is 1. The van der Waals surface area contributed by atoms with Gasteiger partial charge in [0.1, 0.15) is 6.54 Å². The number of ether oxygens (including phenoxy) is 1. The Labute approximate surface area is 107 Å². The molecule has 8 heteroatoms. The molecule has 0 spiro atoms. The molecule has 0 aromatic carbocycles. The van der Waals surface area contributed by atoms with E-state index in [0.29, 0.717) is 4.88 Å². The molecular weight excluding hydrogens is 260 g/mol.